The second kappa shape index (κ2) is 7.65. The Hall–Kier alpha value is -3.23. The molecule has 0 amide bonds. The summed E-state index contributed by atoms with van der Waals surface area (Å²) in [5.41, 5.74) is 2.21. The van der Waals surface area contributed by atoms with Gasteiger partial charge in [-0.25, -0.2) is 4.98 Å². The van der Waals surface area contributed by atoms with Crippen LogP contribution in [0.4, 0.5) is 11.4 Å². The van der Waals surface area contributed by atoms with Gasteiger partial charge < -0.3 is 9.52 Å². The monoisotopic (exact) mass is 471 g/mol. The Bertz CT molecular complexity index is 1290. The van der Waals surface area contributed by atoms with E-state index in [-0.39, 0.29) is 10.6 Å². The van der Waals surface area contributed by atoms with E-state index < -0.39 is 16.4 Å². The topological polar surface area (TPSA) is 102 Å². The molecule has 0 bridgehead atoms. The number of oxazole rings is 1. The number of nitro groups is 1. The molecule has 0 aliphatic carbocycles. The molecule has 0 radical (unpaired) electrons. The van der Waals surface area contributed by atoms with E-state index in [2.05, 4.69) is 25.9 Å². The molecule has 0 aliphatic rings. The van der Waals surface area contributed by atoms with Crippen LogP contribution in [0, 0.1) is 10.1 Å². The standard InChI is InChI=1S/C20H11BrClN3O4/c21-15-4-2-1-3-14(15)20-24-16-9-13(5-6-18(16)29-20)23-10-11-7-12(22)8-17(19(11)26)25(27)28/h1-10,26H. The molecule has 0 saturated carbocycles. The van der Waals surface area contributed by atoms with Gasteiger partial charge in [0, 0.05) is 27.3 Å². The molecule has 4 aromatic rings. The van der Waals surface area contributed by atoms with Crippen LogP contribution in [0.2, 0.25) is 5.02 Å². The second-order valence-corrected chi connectivity index (χ2v) is 7.32. The minimum Gasteiger partial charge on any atom is -0.502 e. The molecular formula is C20H11BrClN3O4. The van der Waals surface area contributed by atoms with Crippen molar-refractivity contribution in [3.05, 3.63) is 79.8 Å². The quantitative estimate of drug-likeness (QED) is 0.214. The van der Waals surface area contributed by atoms with E-state index in [1.54, 1.807) is 18.2 Å². The smallest absolute Gasteiger partial charge is 0.312 e. The fraction of sp³-hybridized carbons (Fsp3) is 0. The van der Waals surface area contributed by atoms with Crippen LogP contribution in [0.25, 0.3) is 22.6 Å². The van der Waals surface area contributed by atoms with Crippen LogP contribution < -0.4 is 0 Å². The number of aromatic nitrogens is 1. The van der Waals surface area contributed by atoms with Crippen LogP contribution in [0.1, 0.15) is 5.56 Å². The van der Waals surface area contributed by atoms with Crippen LogP contribution in [0.5, 0.6) is 5.75 Å². The molecule has 0 saturated heterocycles. The van der Waals surface area contributed by atoms with Crippen molar-refractivity contribution in [1.29, 1.82) is 0 Å². The van der Waals surface area contributed by atoms with Gasteiger partial charge in [0.2, 0.25) is 11.6 Å². The lowest BCUT2D eigenvalue weighted by atomic mass is 10.2. The van der Waals surface area contributed by atoms with Gasteiger partial charge in [0.1, 0.15) is 5.52 Å². The average Bonchev–Trinajstić information content (AvgIpc) is 3.11. The molecule has 144 valence electrons. The summed E-state index contributed by atoms with van der Waals surface area (Å²) in [6, 6.07) is 15.2. The van der Waals surface area contributed by atoms with Gasteiger partial charge in [-0.05, 0) is 52.3 Å². The van der Waals surface area contributed by atoms with Crippen molar-refractivity contribution in [2.24, 2.45) is 4.99 Å². The zero-order valence-corrected chi connectivity index (χ0v) is 16.9. The Labute approximate surface area is 177 Å². The number of nitrogens with zero attached hydrogens (tertiary/aromatic N) is 3. The predicted molar refractivity (Wildman–Crippen MR) is 114 cm³/mol. The number of benzene rings is 3. The highest BCUT2D eigenvalue weighted by Gasteiger charge is 2.18. The molecule has 0 atom stereocenters. The SMILES string of the molecule is O=[N+]([O-])c1cc(Cl)cc(C=Nc2ccc3oc(-c4ccccc4Br)nc3c2)c1O. The van der Waals surface area contributed by atoms with E-state index in [4.69, 9.17) is 16.0 Å². The molecule has 0 fully saturated rings. The summed E-state index contributed by atoms with van der Waals surface area (Å²) in [6.45, 7) is 0. The summed E-state index contributed by atoms with van der Waals surface area (Å²) < 4.78 is 6.67. The van der Waals surface area contributed by atoms with Crippen molar-refractivity contribution in [2.75, 3.05) is 0 Å². The van der Waals surface area contributed by atoms with E-state index in [0.29, 0.717) is 22.7 Å². The van der Waals surface area contributed by atoms with E-state index in [1.165, 1.54) is 12.3 Å². The summed E-state index contributed by atoms with van der Waals surface area (Å²) >= 11 is 9.37. The van der Waals surface area contributed by atoms with Gasteiger partial charge in [-0.2, -0.15) is 0 Å². The highest BCUT2D eigenvalue weighted by atomic mass is 79.9. The predicted octanol–water partition coefficient (Wildman–Crippen LogP) is 6.28. The molecule has 0 aliphatic heterocycles. The molecule has 7 nitrogen and oxygen atoms in total. The number of hydrogen-bond donors (Lipinski definition) is 1. The number of hydrogen-bond acceptors (Lipinski definition) is 6. The fourth-order valence-corrected chi connectivity index (χ4v) is 3.41. The van der Waals surface area contributed by atoms with E-state index in [0.717, 1.165) is 16.1 Å². The lowest BCUT2D eigenvalue weighted by Gasteiger charge is -2.01. The van der Waals surface area contributed by atoms with Crippen molar-refractivity contribution in [2.45, 2.75) is 0 Å². The molecular weight excluding hydrogens is 462 g/mol. The van der Waals surface area contributed by atoms with Crippen LogP contribution in [-0.2, 0) is 0 Å². The first-order chi connectivity index (χ1) is 13.9. The van der Waals surface area contributed by atoms with Crippen LogP contribution in [0.15, 0.2) is 68.5 Å². The van der Waals surface area contributed by atoms with E-state index in [1.807, 2.05) is 24.3 Å². The number of phenols is 1. The summed E-state index contributed by atoms with van der Waals surface area (Å²) in [5.74, 6) is -0.0291. The van der Waals surface area contributed by atoms with Crippen molar-refractivity contribution in [1.82, 2.24) is 4.98 Å². The van der Waals surface area contributed by atoms with Gasteiger partial charge in [-0.15, -0.1) is 0 Å². The van der Waals surface area contributed by atoms with Gasteiger partial charge >= 0.3 is 5.69 Å². The normalized spacial score (nSPS) is 11.4. The first-order valence-electron chi connectivity index (χ1n) is 8.29. The van der Waals surface area contributed by atoms with E-state index >= 15 is 0 Å². The first-order valence-corrected chi connectivity index (χ1v) is 9.46. The maximum Gasteiger partial charge on any atom is 0.312 e. The van der Waals surface area contributed by atoms with Crippen molar-refractivity contribution in [3.8, 4) is 17.2 Å². The fourth-order valence-electron chi connectivity index (χ4n) is 2.73. The van der Waals surface area contributed by atoms with Crippen molar-refractivity contribution < 1.29 is 14.4 Å². The molecule has 4 rings (SSSR count). The summed E-state index contributed by atoms with van der Waals surface area (Å²) in [4.78, 5) is 19.1. The van der Waals surface area contributed by atoms with Crippen LogP contribution in [-0.4, -0.2) is 21.2 Å². The number of aliphatic imine (C=N–C) groups is 1. The van der Waals surface area contributed by atoms with Gasteiger partial charge in [0.15, 0.2) is 5.58 Å². The molecule has 1 aromatic heterocycles. The Balaban J connectivity index is 1.69. The van der Waals surface area contributed by atoms with Crippen LogP contribution in [0.3, 0.4) is 0 Å². The van der Waals surface area contributed by atoms with Gasteiger partial charge in [-0.3, -0.25) is 15.1 Å². The third kappa shape index (κ3) is 3.85. The van der Waals surface area contributed by atoms with Gasteiger partial charge in [-0.1, -0.05) is 23.7 Å². The zero-order chi connectivity index (χ0) is 20.5. The molecule has 1 heterocycles. The number of halogens is 2. The average molecular weight is 473 g/mol. The largest absolute Gasteiger partial charge is 0.502 e. The molecule has 9 heteroatoms. The highest BCUT2D eigenvalue weighted by molar-refractivity contribution is 9.10. The maximum atomic E-state index is 11.0. The zero-order valence-electron chi connectivity index (χ0n) is 14.5. The number of fused-ring (bicyclic) bond motifs is 1. The molecule has 0 spiro atoms. The molecule has 1 N–H and O–H groups in total. The van der Waals surface area contributed by atoms with Crippen molar-refractivity contribution >= 4 is 56.2 Å². The molecule has 29 heavy (non-hydrogen) atoms. The number of phenolic OH excluding ortho intramolecular Hbond substituents is 1. The Kier molecular flexibility index (Phi) is 5.04. The molecule has 3 aromatic carbocycles. The van der Waals surface area contributed by atoms with Gasteiger partial charge in [0.25, 0.3) is 0 Å². The summed E-state index contributed by atoms with van der Waals surface area (Å²) in [6.07, 6.45) is 1.31. The van der Waals surface area contributed by atoms with Crippen molar-refractivity contribution in [3.63, 3.8) is 0 Å². The Morgan fingerprint density at radius 1 is 1.21 bits per heavy atom. The maximum absolute atomic E-state index is 11.0. The summed E-state index contributed by atoms with van der Waals surface area (Å²) in [5, 5.41) is 21.2. The van der Waals surface area contributed by atoms with E-state index in [9.17, 15) is 15.2 Å². The highest BCUT2D eigenvalue weighted by Crippen LogP contribution is 2.33. The number of rotatable bonds is 4. The van der Waals surface area contributed by atoms with Gasteiger partial charge in [0.05, 0.1) is 16.2 Å². The van der Waals surface area contributed by atoms with Crippen LogP contribution >= 0.6 is 27.5 Å². The first kappa shape index (κ1) is 19.1. The third-order valence-corrected chi connectivity index (χ3v) is 5.02. The lowest BCUT2D eigenvalue weighted by molar-refractivity contribution is -0.385. The number of nitro benzene ring substituents is 1. The minimum atomic E-state index is -0.705. The minimum absolute atomic E-state index is 0.126. The molecule has 0 unspecified atom stereocenters. The second-order valence-electron chi connectivity index (χ2n) is 6.03. The Morgan fingerprint density at radius 2 is 2.00 bits per heavy atom. The Morgan fingerprint density at radius 3 is 2.76 bits per heavy atom. The third-order valence-electron chi connectivity index (χ3n) is 4.11. The lowest BCUT2D eigenvalue weighted by Crippen LogP contribution is -1.92. The number of aromatic hydroxyl groups is 1. The summed E-state index contributed by atoms with van der Waals surface area (Å²) in [7, 11) is 0.